The van der Waals surface area contributed by atoms with Gasteiger partial charge in [0.15, 0.2) is 0 Å². The molecule has 96 valence electrons. The van der Waals surface area contributed by atoms with Gasteiger partial charge in [-0.1, -0.05) is 19.8 Å². The summed E-state index contributed by atoms with van der Waals surface area (Å²) in [7, 11) is 0. The second-order valence-corrected chi connectivity index (χ2v) is 4.01. The molecule has 0 spiro atoms. The van der Waals surface area contributed by atoms with Crippen LogP contribution in [0.25, 0.3) is 0 Å². The minimum Gasteiger partial charge on any atom is -0.480 e. The lowest BCUT2D eigenvalue weighted by Crippen LogP contribution is -2.39. The molecule has 16 heavy (non-hydrogen) atoms. The summed E-state index contributed by atoms with van der Waals surface area (Å²) in [4.78, 5) is 10.5. The summed E-state index contributed by atoms with van der Waals surface area (Å²) in [5, 5.41) is 24.0. The van der Waals surface area contributed by atoms with Crippen LogP contribution in [0.4, 0.5) is 0 Å². The topological polar surface area (TPSA) is 81.6 Å². The van der Waals surface area contributed by atoms with Gasteiger partial charge in [-0.25, -0.2) is 0 Å². The van der Waals surface area contributed by atoms with Crippen LogP contribution in [0.5, 0.6) is 0 Å². The van der Waals surface area contributed by atoms with Crippen molar-refractivity contribution in [2.45, 2.75) is 45.3 Å². The summed E-state index contributed by atoms with van der Waals surface area (Å²) < 4.78 is 0. The molecule has 0 amide bonds. The Morgan fingerprint density at radius 1 is 1.38 bits per heavy atom. The Morgan fingerprint density at radius 3 is 2.62 bits per heavy atom. The summed E-state index contributed by atoms with van der Waals surface area (Å²) in [6.07, 6.45) is 2.66. The normalized spacial score (nSPS) is 14.7. The van der Waals surface area contributed by atoms with E-state index in [1.807, 2.05) is 0 Å². The first-order valence-corrected chi connectivity index (χ1v) is 5.92. The molecule has 0 bridgehead atoms. The zero-order chi connectivity index (χ0) is 12.4. The number of hydrogen-bond acceptors (Lipinski definition) is 4. The van der Waals surface area contributed by atoms with Gasteiger partial charge in [-0.2, -0.15) is 0 Å². The fraction of sp³-hybridized carbons (Fsp3) is 0.909. The number of carboxylic acids is 1. The molecule has 0 aliphatic heterocycles. The van der Waals surface area contributed by atoms with Crippen LogP contribution in [0.3, 0.4) is 0 Å². The molecule has 0 heterocycles. The number of unbranched alkanes of at least 4 members (excludes halogenated alkanes) is 1. The van der Waals surface area contributed by atoms with E-state index in [1.54, 1.807) is 6.92 Å². The smallest absolute Gasteiger partial charge is 0.320 e. The van der Waals surface area contributed by atoms with Gasteiger partial charge in [-0.3, -0.25) is 4.79 Å². The largest absolute Gasteiger partial charge is 0.480 e. The molecule has 5 heteroatoms. The van der Waals surface area contributed by atoms with E-state index in [4.69, 9.17) is 5.11 Å². The average Bonchev–Trinajstić information content (AvgIpc) is 2.25. The van der Waals surface area contributed by atoms with Crippen molar-refractivity contribution in [2.75, 3.05) is 19.6 Å². The Bertz CT molecular complexity index is 188. The molecule has 2 unspecified atom stereocenters. The highest BCUT2D eigenvalue weighted by molar-refractivity contribution is 5.72. The Kier molecular flexibility index (Phi) is 9.18. The van der Waals surface area contributed by atoms with Gasteiger partial charge in [-0.15, -0.1) is 0 Å². The third-order valence-electron chi connectivity index (χ3n) is 2.39. The van der Waals surface area contributed by atoms with E-state index in [0.717, 1.165) is 19.3 Å². The standard InChI is InChI=1S/C11H24N2O3/c1-3-4-5-10(14)8-12-6-7-13-9(2)11(15)16/h9-10,12-14H,3-8H2,1-2H3,(H,15,16). The molecule has 0 aromatic heterocycles. The molecule has 0 fully saturated rings. The first kappa shape index (κ1) is 15.3. The summed E-state index contributed by atoms with van der Waals surface area (Å²) in [6.45, 7) is 5.54. The molecular weight excluding hydrogens is 208 g/mol. The maximum Gasteiger partial charge on any atom is 0.320 e. The van der Waals surface area contributed by atoms with Crippen LogP contribution < -0.4 is 10.6 Å². The number of aliphatic hydroxyl groups excluding tert-OH is 1. The first-order valence-electron chi connectivity index (χ1n) is 5.92. The molecule has 0 aromatic rings. The second kappa shape index (κ2) is 9.57. The molecule has 2 atom stereocenters. The Balaban J connectivity index is 3.29. The van der Waals surface area contributed by atoms with Crippen LogP contribution in [0, 0.1) is 0 Å². The van der Waals surface area contributed by atoms with Crippen LogP contribution in [0.2, 0.25) is 0 Å². The molecule has 0 aromatic carbocycles. The summed E-state index contributed by atoms with van der Waals surface area (Å²) >= 11 is 0. The molecule has 0 saturated heterocycles. The van der Waals surface area contributed by atoms with Gasteiger partial charge in [-0.05, 0) is 13.3 Å². The number of carbonyl (C=O) groups is 1. The zero-order valence-corrected chi connectivity index (χ0v) is 10.2. The molecule has 0 rings (SSSR count). The molecule has 5 nitrogen and oxygen atoms in total. The molecule has 0 aliphatic carbocycles. The van der Waals surface area contributed by atoms with Crippen molar-refractivity contribution >= 4 is 5.97 Å². The third kappa shape index (κ3) is 8.64. The van der Waals surface area contributed by atoms with E-state index in [-0.39, 0.29) is 6.10 Å². The molecule has 4 N–H and O–H groups in total. The second-order valence-electron chi connectivity index (χ2n) is 4.01. The number of aliphatic carboxylic acids is 1. The van der Waals surface area contributed by atoms with Gasteiger partial charge < -0.3 is 20.8 Å². The van der Waals surface area contributed by atoms with E-state index in [1.165, 1.54) is 0 Å². The van der Waals surface area contributed by atoms with Crippen LogP contribution in [-0.4, -0.2) is 48.0 Å². The van der Waals surface area contributed by atoms with Crippen LogP contribution >= 0.6 is 0 Å². The van der Waals surface area contributed by atoms with Crippen LogP contribution in [0.15, 0.2) is 0 Å². The summed E-state index contributed by atoms with van der Waals surface area (Å²) in [5.74, 6) is -0.844. The van der Waals surface area contributed by atoms with Gasteiger partial charge in [0.1, 0.15) is 6.04 Å². The van der Waals surface area contributed by atoms with Crippen molar-refractivity contribution in [1.82, 2.24) is 10.6 Å². The average molecular weight is 232 g/mol. The predicted molar refractivity (Wildman–Crippen MR) is 63.5 cm³/mol. The van der Waals surface area contributed by atoms with Gasteiger partial charge in [0.05, 0.1) is 6.10 Å². The van der Waals surface area contributed by atoms with Crippen molar-refractivity contribution in [3.8, 4) is 0 Å². The van der Waals surface area contributed by atoms with Gasteiger partial charge >= 0.3 is 5.97 Å². The fourth-order valence-corrected chi connectivity index (χ4v) is 1.27. The van der Waals surface area contributed by atoms with E-state index in [0.29, 0.717) is 19.6 Å². The van der Waals surface area contributed by atoms with E-state index >= 15 is 0 Å². The van der Waals surface area contributed by atoms with E-state index in [2.05, 4.69) is 17.6 Å². The third-order valence-corrected chi connectivity index (χ3v) is 2.39. The highest BCUT2D eigenvalue weighted by Crippen LogP contribution is 1.98. The fourth-order valence-electron chi connectivity index (χ4n) is 1.27. The van der Waals surface area contributed by atoms with E-state index in [9.17, 15) is 9.90 Å². The van der Waals surface area contributed by atoms with Crippen LogP contribution in [-0.2, 0) is 4.79 Å². The highest BCUT2D eigenvalue weighted by Gasteiger charge is 2.08. The molecular formula is C11H24N2O3. The summed E-state index contributed by atoms with van der Waals surface area (Å²) in [6, 6.07) is -0.521. The monoisotopic (exact) mass is 232 g/mol. The number of carboxylic acid groups (broad SMARTS) is 1. The van der Waals surface area contributed by atoms with Crippen molar-refractivity contribution < 1.29 is 15.0 Å². The SMILES string of the molecule is CCCCC(O)CNCCNC(C)C(=O)O. The van der Waals surface area contributed by atoms with Crippen LogP contribution in [0.1, 0.15) is 33.1 Å². The number of hydrogen-bond donors (Lipinski definition) is 4. The lowest BCUT2D eigenvalue weighted by molar-refractivity contribution is -0.138. The maximum absolute atomic E-state index is 10.5. The minimum absolute atomic E-state index is 0.295. The Labute approximate surface area is 97.2 Å². The number of aliphatic hydroxyl groups is 1. The lowest BCUT2D eigenvalue weighted by Gasteiger charge is -2.12. The van der Waals surface area contributed by atoms with Gasteiger partial charge in [0.25, 0.3) is 0 Å². The Hall–Kier alpha value is -0.650. The van der Waals surface area contributed by atoms with Crippen molar-refractivity contribution in [1.29, 1.82) is 0 Å². The zero-order valence-electron chi connectivity index (χ0n) is 10.2. The van der Waals surface area contributed by atoms with E-state index < -0.39 is 12.0 Å². The maximum atomic E-state index is 10.5. The quantitative estimate of drug-likeness (QED) is 0.404. The van der Waals surface area contributed by atoms with Gasteiger partial charge in [0, 0.05) is 19.6 Å². The van der Waals surface area contributed by atoms with Crippen molar-refractivity contribution in [3.63, 3.8) is 0 Å². The number of rotatable bonds is 10. The summed E-state index contributed by atoms with van der Waals surface area (Å²) in [5.41, 5.74) is 0. The van der Waals surface area contributed by atoms with Crippen molar-refractivity contribution in [3.05, 3.63) is 0 Å². The molecule has 0 radical (unpaired) electrons. The predicted octanol–water partition coefficient (Wildman–Crippen LogP) is 0.190. The highest BCUT2D eigenvalue weighted by atomic mass is 16.4. The molecule has 0 aliphatic rings. The Morgan fingerprint density at radius 2 is 2.06 bits per heavy atom. The van der Waals surface area contributed by atoms with Crippen molar-refractivity contribution in [2.24, 2.45) is 0 Å². The van der Waals surface area contributed by atoms with Gasteiger partial charge in [0.2, 0.25) is 0 Å². The lowest BCUT2D eigenvalue weighted by atomic mass is 10.1. The molecule has 0 saturated carbocycles. The first-order chi connectivity index (χ1) is 7.57. The minimum atomic E-state index is -0.844. The number of nitrogens with one attached hydrogen (secondary N) is 2.